The number of ether oxygens (including phenoxy) is 1. The number of rotatable bonds is 3. The van der Waals surface area contributed by atoms with Crippen molar-refractivity contribution in [1.82, 2.24) is 0 Å². The first-order valence-electron chi connectivity index (χ1n) is 5.53. The van der Waals surface area contributed by atoms with Gasteiger partial charge in [-0.2, -0.15) is 0 Å². The van der Waals surface area contributed by atoms with Gasteiger partial charge in [-0.1, -0.05) is 0 Å². The maximum atomic E-state index is 12.4. The molecule has 0 fully saturated rings. The van der Waals surface area contributed by atoms with Gasteiger partial charge in [-0.25, -0.2) is 0 Å². The monoisotopic (exact) mass is 326 g/mol. The third-order valence-corrected chi connectivity index (χ3v) is 3.09. The van der Waals surface area contributed by atoms with E-state index in [1.54, 1.807) is 6.07 Å². The Morgan fingerprint density at radius 2 is 1.68 bits per heavy atom. The second-order valence-electron chi connectivity index (χ2n) is 3.98. The Balaban J connectivity index is 2.01. The third kappa shape index (κ3) is 4.03. The Labute approximate surface area is 117 Å². The second-order valence-corrected chi connectivity index (χ2v) is 5.06. The molecular weight excluding hydrogens is 316 g/mol. The molecule has 0 spiro atoms. The summed E-state index contributed by atoms with van der Waals surface area (Å²) in [7, 11) is 0. The zero-order valence-electron chi connectivity index (χ0n) is 9.82. The number of hydrogen-bond acceptors (Lipinski definition) is 1. The van der Waals surface area contributed by atoms with Crippen molar-refractivity contribution >= 4 is 21.2 Å². The van der Waals surface area contributed by atoms with Gasteiger partial charge in [0.15, 0.2) is 0 Å². The van der Waals surface area contributed by atoms with Crippen LogP contribution in [0.15, 0.2) is 48.5 Å². The van der Waals surface area contributed by atoms with Crippen molar-refractivity contribution in [3.63, 3.8) is 0 Å². The van der Waals surface area contributed by atoms with Crippen LogP contribution in [0.2, 0.25) is 0 Å². The van der Waals surface area contributed by atoms with E-state index in [1.807, 2.05) is 18.2 Å². The van der Waals surface area contributed by atoms with E-state index in [0.29, 0.717) is 11.3 Å². The van der Waals surface area contributed by atoms with Crippen molar-refractivity contribution in [2.45, 2.75) is 12.8 Å². The maximum absolute atomic E-state index is 12.4. The first kappa shape index (κ1) is 14.0. The molecule has 0 bridgehead atoms. The van der Waals surface area contributed by atoms with Gasteiger partial charge in [0.05, 0.1) is 0 Å². The Bertz CT molecular complexity index is 549. The molecule has 0 saturated heterocycles. The van der Waals surface area contributed by atoms with Crippen LogP contribution in [0.4, 0.5) is 13.2 Å². The van der Waals surface area contributed by atoms with Crippen LogP contribution in [0.25, 0.3) is 0 Å². The molecule has 0 amide bonds. The van der Waals surface area contributed by atoms with Gasteiger partial charge in [0.2, 0.25) is 0 Å². The molecule has 2 radical (unpaired) electrons. The van der Waals surface area contributed by atoms with Gasteiger partial charge in [-0.05, 0) is 0 Å². The molecule has 0 atom stereocenters. The molecule has 0 aromatic heterocycles. The first-order valence-corrected chi connectivity index (χ1v) is 6.47. The van der Waals surface area contributed by atoms with E-state index in [-0.39, 0.29) is 6.61 Å². The van der Waals surface area contributed by atoms with Crippen molar-refractivity contribution in [3.8, 4) is 5.75 Å². The van der Waals surface area contributed by atoms with E-state index in [1.165, 1.54) is 12.1 Å². The van der Waals surface area contributed by atoms with Crippen molar-refractivity contribution in [2.75, 3.05) is 0 Å². The fourth-order valence-corrected chi connectivity index (χ4v) is 1.98. The molecule has 0 heterocycles. The van der Waals surface area contributed by atoms with Crippen LogP contribution in [-0.4, -0.2) is 16.9 Å². The molecular formula is C14H10AsF3O. The minimum absolute atomic E-state index is 0.245. The molecule has 0 saturated carbocycles. The summed E-state index contributed by atoms with van der Waals surface area (Å²) in [5, 5.41) is 0. The molecule has 0 aliphatic heterocycles. The standard InChI is InChI=1S/C14H10AsF3O/c15-12-2-1-3-13(8-12)19-9-10-4-6-11(7-5-10)14(16,17)18/h1-8H,9H2. The Hall–Kier alpha value is -1.41. The van der Waals surface area contributed by atoms with Crippen molar-refractivity contribution in [1.29, 1.82) is 0 Å². The molecule has 0 aliphatic carbocycles. The fourth-order valence-electron chi connectivity index (χ4n) is 1.53. The van der Waals surface area contributed by atoms with E-state index in [4.69, 9.17) is 4.74 Å². The molecule has 0 unspecified atom stereocenters. The molecule has 2 aromatic rings. The van der Waals surface area contributed by atoms with Crippen LogP contribution < -0.4 is 9.09 Å². The number of benzene rings is 2. The number of alkyl halides is 3. The molecule has 19 heavy (non-hydrogen) atoms. The summed E-state index contributed by atoms with van der Waals surface area (Å²) < 4.78 is 43.7. The molecule has 0 aliphatic rings. The zero-order valence-corrected chi connectivity index (χ0v) is 11.7. The molecule has 1 nitrogen and oxygen atoms in total. The van der Waals surface area contributed by atoms with Crippen LogP contribution in [-0.2, 0) is 12.8 Å². The second kappa shape index (κ2) is 5.70. The molecule has 5 heteroatoms. The quantitative estimate of drug-likeness (QED) is 0.788. The molecule has 98 valence electrons. The zero-order chi connectivity index (χ0) is 13.9. The molecule has 0 N–H and O–H groups in total. The predicted molar refractivity (Wildman–Crippen MR) is 67.6 cm³/mol. The van der Waals surface area contributed by atoms with E-state index in [9.17, 15) is 13.2 Å². The van der Waals surface area contributed by atoms with Gasteiger partial charge >= 0.3 is 117 Å². The molecule has 2 rings (SSSR count). The van der Waals surface area contributed by atoms with Gasteiger partial charge in [0.1, 0.15) is 0 Å². The van der Waals surface area contributed by atoms with Crippen LogP contribution in [0.3, 0.4) is 0 Å². The Morgan fingerprint density at radius 3 is 2.26 bits per heavy atom. The van der Waals surface area contributed by atoms with Gasteiger partial charge in [-0.3, -0.25) is 0 Å². The van der Waals surface area contributed by atoms with E-state index in [2.05, 4.69) is 16.9 Å². The van der Waals surface area contributed by atoms with Gasteiger partial charge < -0.3 is 0 Å². The summed E-state index contributed by atoms with van der Waals surface area (Å²) in [6, 6.07) is 12.4. The summed E-state index contributed by atoms with van der Waals surface area (Å²) in [6.07, 6.45) is -4.30. The number of hydrogen-bond donors (Lipinski definition) is 0. The van der Waals surface area contributed by atoms with Crippen LogP contribution in [0.1, 0.15) is 11.1 Å². The molecule has 2 aromatic carbocycles. The number of halogens is 3. The average molecular weight is 326 g/mol. The summed E-state index contributed by atoms with van der Waals surface area (Å²) in [4.78, 5) is 0. The van der Waals surface area contributed by atoms with Gasteiger partial charge in [0.25, 0.3) is 0 Å². The van der Waals surface area contributed by atoms with Crippen molar-refractivity contribution in [3.05, 3.63) is 59.7 Å². The average Bonchev–Trinajstić information content (AvgIpc) is 2.36. The van der Waals surface area contributed by atoms with Crippen LogP contribution in [0, 0.1) is 0 Å². The summed E-state index contributed by atoms with van der Waals surface area (Å²) in [6.45, 7) is 0.245. The van der Waals surface area contributed by atoms with Crippen molar-refractivity contribution < 1.29 is 17.9 Å². The van der Waals surface area contributed by atoms with Crippen LogP contribution in [0.5, 0.6) is 5.75 Å². The SMILES string of the molecule is FC(F)(F)c1ccc(COc2cccc([As])c2)cc1. The summed E-state index contributed by atoms with van der Waals surface area (Å²) >= 11 is 2.40. The fraction of sp³-hybridized carbons (Fsp3) is 0.143. The minimum atomic E-state index is -4.30. The van der Waals surface area contributed by atoms with Gasteiger partial charge in [0, 0.05) is 0 Å². The topological polar surface area (TPSA) is 9.23 Å². The van der Waals surface area contributed by atoms with Gasteiger partial charge in [-0.15, -0.1) is 0 Å². The predicted octanol–water partition coefficient (Wildman–Crippen LogP) is 3.08. The third-order valence-electron chi connectivity index (χ3n) is 2.50. The van der Waals surface area contributed by atoms with Crippen LogP contribution >= 0.6 is 0 Å². The van der Waals surface area contributed by atoms with E-state index < -0.39 is 11.7 Å². The first-order chi connectivity index (χ1) is 8.95. The summed E-state index contributed by atoms with van der Waals surface area (Å²) in [5.74, 6) is 0.693. The van der Waals surface area contributed by atoms with E-state index in [0.717, 1.165) is 16.5 Å². The Morgan fingerprint density at radius 1 is 1.00 bits per heavy atom. The Kier molecular flexibility index (Phi) is 4.20. The van der Waals surface area contributed by atoms with Crippen molar-refractivity contribution in [2.24, 2.45) is 0 Å². The summed E-state index contributed by atoms with van der Waals surface area (Å²) in [5.41, 5.74) is 0.0492. The normalized spacial score (nSPS) is 11.4. The van der Waals surface area contributed by atoms with E-state index >= 15 is 0 Å².